The molecule has 24 heavy (non-hydrogen) atoms. The Morgan fingerprint density at radius 3 is 2.33 bits per heavy atom. The lowest BCUT2D eigenvalue weighted by Gasteiger charge is -2.04. The highest BCUT2D eigenvalue weighted by Gasteiger charge is 2.19. The Kier molecular flexibility index (Phi) is 5.23. The van der Waals surface area contributed by atoms with Gasteiger partial charge in [0.15, 0.2) is 0 Å². The first-order chi connectivity index (χ1) is 11.9. The predicted molar refractivity (Wildman–Crippen MR) is 114 cm³/mol. The number of benzene rings is 1. The van der Waals surface area contributed by atoms with Crippen molar-refractivity contribution in [2.45, 2.75) is 0 Å². The molecule has 1 aromatic heterocycles. The van der Waals surface area contributed by atoms with E-state index in [-0.39, 0.29) is 0 Å². The Balaban J connectivity index is 1.45. The monoisotopic (exact) mass is 383 g/mol. The van der Waals surface area contributed by atoms with E-state index >= 15 is 0 Å². The van der Waals surface area contributed by atoms with E-state index in [0.29, 0.717) is 0 Å². The van der Waals surface area contributed by atoms with Gasteiger partial charge in [0.1, 0.15) is 0 Å². The number of pyridine rings is 1. The Labute approximate surface area is 158 Å². The molecule has 2 aliphatic heterocycles. The largest absolute Gasteiger partial charge is 0.264 e. The Morgan fingerprint density at radius 1 is 0.792 bits per heavy atom. The van der Waals surface area contributed by atoms with Crippen molar-refractivity contribution in [3.63, 3.8) is 0 Å². The molecule has 0 spiro atoms. The number of thioether (sulfide) groups is 4. The Bertz CT molecular complexity index is 839. The zero-order valence-electron chi connectivity index (χ0n) is 12.6. The van der Waals surface area contributed by atoms with Gasteiger partial charge < -0.3 is 0 Å². The summed E-state index contributed by atoms with van der Waals surface area (Å²) in [4.78, 5) is 5.46. The number of nitrogens with zero attached hydrogens (tertiary/aromatic N) is 1. The highest BCUT2D eigenvalue weighted by molar-refractivity contribution is 8.35. The summed E-state index contributed by atoms with van der Waals surface area (Å²) in [5.41, 5.74) is 3.59. The summed E-state index contributed by atoms with van der Waals surface area (Å²) in [6, 6.07) is 12.7. The molecule has 0 unspecified atom stereocenters. The van der Waals surface area contributed by atoms with Gasteiger partial charge in [-0.3, -0.25) is 4.98 Å². The minimum absolute atomic E-state index is 1.11. The fourth-order valence-electron chi connectivity index (χ4n) is 2.20. The molecule has 2 aliphatic rings. The van der Waals surface area contributed by atoms with Crippen LogP contribution in [-0.2, 0) is 0 Å². The van der Waals surface area contributed by atoms with Gasteiger partial charge in [-0.15, -0.1) is 0 Å². The van der Waals surface area contributed by atoms with Gasteiger partial charge in [0.25, 0.3) is 0 Å². The average molecular weight is 384 g/mol. The summed E-state index contributed by atoms with van der Waals surface area (Å²) in [6.45, 7) is 0. The summed E-state index contributed by atoms with van der Waals surface area (Å²) in [5.74, 6) is 0. The molecule has 0 amide bonds. The summed E-state index contributed by atoms with van der Waals surface area (Å²) in [5, 5.41) is 6.55. The van der Waals surface area contributed by atoms with Gasteiger partial charge in [-0.25, -0.2) is 0 Å². The lowest BCUT2D eigenvalue weighted by Crippen LogP contribution is -1.79. The second kappa shape index (κ2) is 7.74. The van der Waals surface area contributed by atoms with Crippen LogP contribution in [0.4, 0.5) is 0 Å². The second-order valence-corrected chi connectivity index (χ2v) is 9.31. The minimum Gasteiger partial charge on any atom is -0.264 e. The van der Waals surface area contributed by atoms with Crippen LogP contribution in [-0.4, -0.2) is 4.98 Å². The number of aromatic nitrogens is 1. The lowest BCUT2D eigenvalue weighted by atomic mass is 10.1. The number of hydrogen-bond acceptors (Lipinski definition) is 5. The standard InChI is InChI=1S/C19H13NS4/c1-2-15(12-20-9-1)4-3-14-5-7-16(8-6-14)17-13-23-19(24-17)18-21-10-11-22-18/h1-13H/b4-3+. The van der Waals surface area contributed by atoms with Crippen LogP contribution in [0.25, 0.3) is 17.1 Å². The van der Waals surface area contributed by atoms with Gasteiger partial charge in [-0.05, 0) is 39.0 Å². The minimum atomic E-state index is 1.11. The molecule has 0 saturated carbocycles. The maximum atomic E-state index is 4.13. The van der Waals surface area contributed by atoms with Gasteiger partial charge in [0, 0.05) is 17.3 Å². The fourth-order valence-corrected chi connectivity index (χ4v) is 6.68. The molecule has 0 radical (unpaired) electrons. The molecule has 2 aromatic rings. The van der Waals surface area contributed by atoms with Crippen molar-refractivity contribution in [1.82, 2.24) is 4.98 Å². The van der Waals surface area contributed by atoms with E-state index in [9.17, 15) is 0 Å². The summed E-state index contributed by atoms with van der Waals surface area (Å²) in [6.07, 6.45) is 7.87. The molecular formula is C19H13NS4. The van der Waals surface area contributed by atoms with Crippen LogP contribution >= 0.6 is 47.0 Å². The third-order valence-electron chi connectivity index (χ3n) is 3.40. The maximum Gasteiger partial charge on any atom is 0.0700 e. The van der Waals surface area contributed by atoms with Crippen LogP contribution < -0.4 is 0 Å². The molecule has 0 bridgehead atoms. The first kappa shape index (κ1) is 16.2. The van der Waals surface area contributed by atoms with E-state index < -0.39 is 0 Å². The van der Waals surface area contributed by atoms with Crippen molar-refractivity contribution < 1.29 is 0 Å². The van der Waals surface area contributed by atoms with Gasteiger partial charge in [0.2, 0.25) is 0 Å². The van der Waals surface area contributed by atoms with Crippen molar-refractivity contribution >= 4 is 64.1 Å². The van der Waals surface area contributed by atoms with Crippen molar-refractivity contribution in [2.24, 2.45) is 0 Å². The first-order valence-corrected chi connectivity index (χ1v) is 10.8. The quantitative estimate of drug-likeness (QED) is 0.558. The predicted octanol–water partition coefficient (Wildman–Crippen LogP) is 7.11. The molecule has 3 heterocycles. The van der Waals surface area contributed by atoms with Gasteiger partial charge in [-0.1, -0.05) is 89.5 Å². The van der Waals surface area contributed by atoms with Crippen molar-refractivity contribution in [1.29, 1.82) is 0 Å². The summed E-state index contributed by atoms with van der Waals surface area (Å²) in [7, 11) is 0. The molecule has 0 fully saturated rings. The van der Waals surface area contributed by atoms with Crippen LogP contribution in [0.5, 0.6) is 0 Å². The normalized spacial score (nSPS) is 17.1. The number of rotatable bonds is 3. The molecule has 1 aromatic carbocycles. The summed E-state index contributed by atoms with van der Waals surface area (Å²) >= 11 is 7.34. The van der Waals surface area contributed by atoms with Crippen molar-refractivity contribution in [3.05, 3.63) is 90.2 Å². The van der Waals surface area contributed by atoms with E-state index in [1.54, 1.807) is 6.20 Å². The third kappa shape index (κ3) is 3.86. The topological polar surface area (TPSA) is 12.9 Å². The first-order valence-electron chi connectivity index (χ1n) is 7.34. The van der Waals surface area contributed by atoms with Crippen LogP contribution in [0.3, 0.4) is 0 Å². The van der Waals surface area contributed by atoms with Gasteiger partial charge in [0.05, 0.1) is 8.47 Å². The molecule has 0 saturated heterocycles. The van der Waals surface area contributed by atoms with Crippen LogP contribution in [0.2, 0.25) is 0 Å². The zero-order chi connectivity index (χ0) is 16.2. The molecule has 1 nitrogen and oxygen atoms in total. The molecule has 0 N–H and O–H groups in total. The van der Waals surface area contributed by atoms with E-state index in [1.807, 2.05) is 59.3 Å². The van der Waals surface area contributed by atoms with Crippen molar-refractivity contribution in [3.8, 4) is 0 Å². The average Bonchev–Trinajstić information content (AvgIpc) is 3.33. The molecule has 0 atom stereocenters. The van der Waals surface area contributed by atoms with Gasteiger partial charge in [-0.2, -0.15) is 0 Å². The highest BCUT2D eigenvalue weighted by atomic mass is 32.2. The zero-order valence-corrected chi connectivity index (χ0v) is 15.9. The second-order valence-electron chi connectivity index (χ2n) is 5.03. The lowest BCUT2D eigenvalue weighted by molar-refractivity contribution is 1.32. The van der Waals surface area contributed by atoms with Crippen LogP contribution in [0.1, 0.15) is 16.7 Å². The number of hydrogen-bond donors (Lipinski definition) is 0. The molecule has 0 aliphatic carbocycles. The molecule has 4 rings (SSSR count). The molecule has 118 valence electrons. The maximum absolute atomic E-state index is 4.13. The van der Waals surface area contributed by atoms with Gasteiger partial charge >= 0.3 is 0 Å². The van der Waals surface area contributed by atoms with Crippen molar-refractivity contribution in [2.75, 3.05) is 0 Å². The Hall–Kier alpha value is -1.27. The van der Waals surface area contributed by atoms with E-state index in [4.69, 9.17) is 0 Å². The smallest absolute Gasteiger partial charge is 0.0700 e. The van der Waals surface area contributed by atoms with E-state index in [1.165, 1.54) is 24.5 Å². The van der Waals surface area contributed by atoms with Crippen LogP contribution in [0.15, 0.2) is 73.5 Å². The summed E-state index contributed by atoms with van der Waals surface area (Å²) < 4.78 is 2.79. The Morgan fingerprint density at radius 2 is 1.58 bits per heavy atom. The van der Waals surface area contributed by atoms with Crippen LogP contribution in [0, 0.1) is 0 Å². The molecule has 5 heteroatoms. The fraction of sp³-hybridized carbons (Fsp3) is 0. The van der Waals surface area contributed by atoms with E-state index in [0.717, 1.165) is 5.56 Å². The van der Waals surface area contributed by atoms with E-state index in [2.05, 4.69) is 63.7 Å². The SMILES string of the molecule is C1=CSC(=C2SC=C(c3ccc(/C=C/c4cccnc4)cc3)S2)S1. The third-order valence-corrected chi connectivity index (χ3v) is 8.47. The molecular weight excluding hydrogens is 370 g/mol. The highest BCUT2D eigenvalue weighted by Crippen LogP contribution is 2.55.